The summed E-state index contributed by atoms with van der Waals surface area (Å²) in [6, 6.07) is 7.02. The van der Waals surface area contributed by atoms with Crippen LogP contribution < -0.4 is 4.72 Å². The predicted octanol–water partition coefficient (Wildman–Crippen LogP) is 2.75. The van der Waals surface area contributed by atoms with E-state index in [1.165, 1.54) is 31.2 Å². The summed E-state index contributed by atoms with van der Waals surface area (Å²) < 4.78 is 26.5. The van der Waals surface area contributed by atoms with Crippen LogP contribution in [0.3, 0.4) is 0 Å². The highest BCUT2D eigenvalue weighted by Crippen LogP contribution is 2.22. The average molecular weight is 328 g/mol. The molecule has 1 N–H and O–H groups in total. The molecule has 0 radical (unpaired) electrons. The van der Waals surface area contributed by atoms with E-state index in [4.69, 9.17) is 11.6 Å². The molecule has 0 saturated heterocycles. The number of nitro groups is 1. The first-order valence-corrected chi connectivity index (χ1v) is 7.55. The Balaban J connectivity index is 2.33. The van der Waals surface area contributed by atoms with Crippen molar-refractivity contribution in [3.05, 3.63) is 57.2 Å². The minimum Gasteiger partial charge on any atom is -0.263 e. The molecule has 0 aliphatic heterocycles. The molecule has 1 aromatic carbocycles. The number of aromatic nitrogens is 1. The molecule has 9 heteroatoms. The summed E-state index contributed by atoms with van der Waals surface area (Å²) in [6.07, 6.45) is 1.01. The maximum absolute atomic E-state index is 12.1. The van der Waals surface area contributed by atoms with Gasteiger partial charge in [0.25, 0.3) is 15.7 Å². The Morgan fingerprint density at radius 1 is 1.33 bits per heavy atom. The largest absolute Gasteiger partial charge is 0.290 e. The van der Waals surface area contributed by atoms with Gasteiger partial charge in [-0.05, 0) is 31.2 Å². The number of aryl methyl sites for hydroxylation is 1. The van der Waals surface area contributed by atoms with Crippen LogP contribution in [0.1, 0.15) is 5.56 Å². The third kappa shape index (κ3) is 3.47. The molecule has 21 heavy (non-hydrogen) atoms. The Morgan fingerprint density at radius 2 is 2.05 bits per heavy atom. The van der Waals surface area contributed by atoms with Crippen LogP contribution in [0, 0.1) is 17.0 Å². The van der Waals surface area contributed by atoms with Crippen LogP contribution in [-0.4, -0.2) is 18.3 Å². The molecule has 1 aromatic heterocycles. The molecule has 0 saturated carbocycles. The van der Waals surface area contributed by atoms with E-state index in [0.29, 0.717) is 5.56 Å². The summed E-state index contributed by atoms with van der Waals surface area (Å²) in [5.74, 6) is -0.00178. The second-order valence-electron chi connectivity index (χ2n) is 4.18. The van der Waals surface area contributed by atoms with Gasteiger partial charge in [0.2, 0.25) is 0 Å². The first-order valence-electron chi connectivity index (χ1n) is 5.69. The molecule has 110 valence electrons. The van der Waals surface area contributed by atoms with Gasteiger partial charge >= 0.3 is 0 Å². The number of nitrogens with zero attached hydrogens (tertiary/aromatic N) is 2. The van der Waals surface area contributed by atoms with E-state index in [-0.39, 0.29) is 21.4 Å². The normalized spacial score (nSPS) is 11.1. The third-order valence-electron chi connectivity index (χ3n) is 2.63. The number of hydrogen-bond donors (Lipinski definition) is 1. The van der Waals surface area contributed by atoms with Crippen LogP contribution in [0.4, 0.5) is 11.5 Å². The molecular weight excluding hydrogens is 318 g/mol. The number of anilines is 1. The first-order chi connectivity index (χ1) is 9.79. The van der Waals surface area contributed by atoms with Crippen LogP contribution in [0.5, 0.6) is 0 Å². The fourth-order valence-electron chi connectivity index (χ4n) is 1.63. The minimum absolute atomic E-state index is 0.00178. The molecule has 7 nitrogen and oxygen atoms in total. The van der Waals surface area contributed by atoms with Crippen molar-refractivity contribution in [2.24, 2.45) is 0 Å². The smallest absolute Gasteiger partial charge is 0.263 e. The van der Waals surface area contributed by atoms with Gasteiger partial charge in [0.05, 0.1) is 9.82 Å². The highest BCUT2D eigenvalue weighted by Gasteiger charge is 2.17. The molecule has 0 aliphatic rings. The molecule has 0 fully saturated rings. The van der Waals surface area contributed by atoms with Crippen molar-refractivity contribution in [2.45, 2.75) is 11.8 Å². The zero-order chi connectivity index (χ0) is 15.6. The van der Waals surface area contributed by atoms with E-state index in [1.54, 1.807) is 6.07 Å². The van der Waals surface area contributed by atoms with Gasteiger partial charge in [-0.1, -0.05) is 17.7 Å². The van der Waals surface area contributed by atoms with Crippen molar-refractivity contribution in [3.63, 3.8) is 0 Å². The number of nitrogens with one attached hydrogen (secondary N) is 1. The van der Waals surface area contributed by atoms with Gasteiger partial charge < -0.3 is 0 Å². The predicted molar refractivity (Wildman–Crippen MR) is 77.9 cm³/mol. The van der Waals surface area contributed by atoms with E-state index in [2.05, 4.69) is 9.71 Å². The van der Waals surface area contributed by atoms with Gasteiger partial charge in [0.15, 0.2) is 0 Å². The summed E-state index contributed by atoms with van der Waals surface area (Å²) in [7, 11) is -3.85. The van der Waals surface area contributed by atoms with Crippen molar-refractivity contribution in [1.29, 1.82) is 0 Å². The van der Waals surface area contributed by atoms with E-state index < -0.39 is 14.9 Å². The number of sulfonamides is 1. The zero-order valence-electron chi connectivity index (χ0n) is 10.8. The zero-order valence-corrected chi connectivity index (χ0v) is 12.4. The fraction of sp³-hybridized carbons (Fsp3) is 0.0833. The third-order valence-corrected chi connectivity index (χ3v) is 4.21. The molecule has 0 bridgehead atoms. The molecule has 2 aromatic rings. The summed E-state index contributed by atoms with van der Waals surface area (Å²) >= 11 is 5.75. The Kier molecular flexibility index (Phi) is 4.10. The Labute approximate surface area is 125 Å². The standard InChI is InChI=1S/C12H10ClN3O4S/c1-8-5-12(14-7-11(8)16(17)18)15-21(19,20)10-4-2-3-9(13)6-10/h2-7H,1H3,(H,14,15). The number of halogens is 1. The van der Waals surface area contributed by atoms with E-state index in [0.717, 1.165) is 6.20 Å². The van der Waals surface area contributed by atoms with Crippen LogP contribution in [0.25, 0.3) is 0 Å². The lowest BCUT2D eigenvalue weighted by Gasteiger charge is -2.08. The Hall–Kier alpha value is -2.19. The Morgan fingerprint density at radius 3 is 2.62 bits per heavy atom. The van der Waals surface area contributed by atoms with Crippen molar-refractivity contribution < 1.29 is 13.3 Å². The highest BCUT2D eigenvalue weighted by molar-refractivity contribution is 7.92. The highest BCUT2D eigenvalue weighted by atomic mass is 35.5. The molecule has 0 amide bonds. The van der Waals surface area contributed by atoms with Crippen LogP contribution >= 0.6 is 11.6 Å². The quantitative estimate of drug-likeness (QED) is 0.687. The van der Waals surface area contributed by atoms with Crippen molar-refractivity contribution in [2.75, 3.05) is 4.72 Å². The number of benzene rings is 1. The lowest BCUT2D eigenvalue weighted by molar-refractivity contribution is -0.385. The lowest BCUT2D eigenvalue weighted by atomic mass is 10.2. The van der Waals surface area contributed by atoms with E-state index in [1.807, 2.05) is 0 Å². The lowest BCUT2D eigenvalue weighted by Crippen LogP contribution is -2.14. The number of rotatable bonds is 4. The summed E-state index contributed by atoms with van der Waals surface area (Å²) in [5.41, 5.74) is 0.125. The molecule has 0 aliphatic carbocycles. The van der Waals surface area contributed by atoms with Crippen molar-refractivity contribution in [1.82, 2.24) is 4.98 Å². The van der Waals surface area contributed by atoms with E-state index in [9.17, 15) is 18.5 Å². The van der Waals surface area contributed by atoms with Crippen LogP contribution in [-0.2, 0) is 10.0 Å². The molecule has 0 unspecified atom stereocenters. The van der Waals surface area contributed by atoms with Crippen LogP contribution in [0.2, 0.25) is 5.02 Å². The monoisotopic (exact) mass is 327 g/mol. The SMILES string of the molecule is Cc1cc(NS(=O)(=O)c2cccc(Cl)c2)ncc1[N+](=O)[O-]. The van der Waals surface area contributed by atoms with Crippen LogP contribution in [0.15, 0.2) is 41.4 Å². The van der Waals surface area contributed by atoms with Gasteiger partial charge in [-0.3, -0.25) is 14.8 Å². The van der Waals surface area contributed by atoms with Gasteiger partial charge in [-0.15, -0.1) is 0 Å². The Bertz CT molecular complexity index is 808. The minimum atomic E-state index is -3.85. The maximum atomic E-state index is 12.1. The van der Waals surface area contributed by atoms with Gasteiger partial charge in [0, 0.05) is 10.6 Å². The fourth-order valence-corrected chi connectivity index (χ4v) is 2.93. The van der Waals surface area contributed by atoms with Gasteiger partial charge in [0.1, 0.15) is 12.0 Å². The second-order valence-corrected chi connectivity index (χ2v) is 6.29. The average Bonchev–Trinajstić information content (AvgIpc) is 2.37. The molecule has 0 spiro atoms. The summed E-state index contributed by atoms with van der Waals surface area (Å²) in [6.45, 7) is 1.50. The topological polar surface area (TPSA) is 102 Å². The van der Waals surface area contributed by atoms with Crippen molar-refractivity contribution >= 4 is 33.1 Å². The van der Waals surface area contributed by atoms with Crippen molar-refractivity contribution in [3.8, 4) is 0 Å². The summed E-state index contributed by atoms with van der Waals surface area (Å²) in [4.78, 5) is 13.8. The first kappa shape index (κ1) is 15.2. The molecule has 2 rings (SSSR count). The maximum Gasteiger partial charge on any atom is 0.290 e. The summed E-state index contributed by atoms with van der Waals surface area (Å²) in [5, 5.41) is 11.0. The van der Waals surface area contributed by atoms with E-state index >= 15 is 0 Å². The molecule has 0 atom stereocenters. The second kappa shape index (κ2) is 5.66. The number of hydrogen-bond acceptors (Lipinski definition) is 5. The molecule has 1 heterocycles. The number of pyridine rings is 1. The van der Waals surface area contributed by atoms with Gasteiger partial charge in [-0.2, -0.15) is 0 Å². The van der Waals surface area contributed by atoms with Gasteiger partial charge in [-0.25, -0.2) is 13.4 Å². The molecular formula is C12H10ClN3O4S.